The number of piperidine rings is 1. The van der Waals surface area contributed by atoms with Crippen molar-refractivity contribution in [2.24, 2.45) is 5.92 Å². The predicted molar refractivity (Wildman–Crippen MR) is 69.7 cm³/mol. The van der Waals surface area contributed by atoms with Gasteiger partial charge in [-0.05, 0) is 44.7 Å². The minimum absolute atomic E-state index is 0.776. The van der Waals surface area contributed by atoms with Gasteiger partial charge in [0, 0.05) is 19.1 Å². The summed E-state index contributed by atoms with van der Waals surface area (Å²) in [6, 6.07) is 0.776. The van der Waals surface area contributed by atoms with Crippen LogP contribution >= 0.6 is 0 Å². The van der Waals surface area contributed by atoms with E-state index in [2.05, 4.69) is 17.1 Å². The molecule has 16 heavy (non-hydrogen) atoms. The van der Waals surface area contributed by atoms with Gasteiger partial charge >= 0.3 is 0 Å². The third kappa shape index (κ3) is 3.74. The van der Waals surface area contributed by atoms with Crippen LogP contribution in [0.3, 0.4) is 0 Å². The minimum atomic E-state index is 0.776. The quantitative estimate of drug-likeness (QED) is 0.793. The fourth-order valence-corrected chi connectivity index (χ4v) is 3.22. The van der Waals surface area contributed by atoms with Gasteiger partial charge in [0.2, 0.25) is 0 Å². The number of hydrogen-bond acceptors (Lipinski definition) is 2. The van der Waals surface area contributed by atoms with Crippen molar-refractivity contribution in [2.75, 3.05) is 26.2 Å². The average molecular weight is 224 g/mol. The van der Waals surface area contributed by atoms with E-state index < -0.39 is 0 Å². The first-order valence-electron chi connectivity index (χ1n) is 7.34. The molecule has 0 aliphatic carbocycles. The van der Waals surface area contributed by atoms with Crippen molar-refractivity contribution in [3.05, 3.63) is 0 Å². The fraction of sp³-hybridized carbons (Fsp3) is 1.00. The van der Waals surface area contributed by atoms with E-state index in [0.29, 0.717) is 0 Å². The van der Waals surface area contributed by atoms with Crippen molar-refractivity contribution in [1.82, 2.24) is 10.2 Å². The highest BCUT2D eigenvalue weighted by atomic mass is 15.2. The molecule has 2 aliphatic rings. The van der Waals surface area contributed by atoms with Crippen LogP contribution in [0.15, 0.2) is 0 Å². The van der Waals surface area contributed by atoms with Crippen LogP contribution in [0.4, 0.5) is 0 Å². The summed E-state index contributed by atoms with van der Waals surface area (Å²) in [6.45, 7) is 7.59. The SMILES string of the molecule is CCC1CCCN(CC2CCCCCN2)C1. The molecule has 2 heterocycles. The third-order valence-corrected chi connectivity index (χ3v) is 4.32. The van der Waals surface area contributed by atoms with E-state index in [9.17, 15) is 0 Å². The highest BCUT2D eigenvalue weighted by molar-refractivity contribution is 4.79. The van der Waals surface area contributed by atoms with E-state index in [1.165, 1.54) is 71.1 Å². The van der Waals surface area contributed by atoms with Gasteiger partial charge in [-0.2, -0.15) is 0 Å². The molecule has 2 nitrogen and oxygen atoms in total. The third-order valence-electron chi connectivity index (χ3n) is 4.32. The van der Waals surface area contributed by atoms with Crippen LogP contribution in [0.5, 0.6) is 0 Å². The summed E-state index contributed by atoms with van der Waals surface area (Å²) in [5.74, 6) is 0.972. The summed E-state index contributed by atoms with van der Waals surface area (Å²) in [7, 11) is 0. The molecule has 0 aromatic carbocycles. The number of hydrogen-bond donors (Lipinski definition) is 1. The Labute approximate surface area is 101 Å². The van der Waals surface area contributed by atoms with E-state index in [1.807, 2.05) is 0 Å². The van der Waals surface area contributed by atoms with Crippen LogP contribution in [-0.2, 0) is 0 Å². The second kappa shape index (κ2) is 6.61. The maximum atomic E-state index is 3.72. The molecule has 2 atom stereocenters. The summed E-state index contributed by atoms with van der Waals surface area (Å²) < 4.78 is 0. The standard InChI is InChI=1S/C14H28N2/c1-2-13-7-6-10-16(11-13)12-14-8-4-3-5-9-15-14/h13-15H,2-12H2,1H3. The van der Waals surface area contributed by atoms with E-state index in [1.54, 1.807) is 0 Å². The fourth-order valence-electron chi connectivity index (χ4n) is 3.22. The number of nitrogens with one attached hydrogen (secondary N) is 1. The zero-order valence-electron chi connectivity index (χ0n) is 10.9. The van der Waals surface area contributed by atoms with Crippen molar-refractivity contribution < 1.29 is 0 Å². The monoisotopic (exact) mass is 224 g/mol. The minimum Gasteiger partial charge on any atom is -0.313 e. The molecular weight excluding hydrogens is 196 g/mol. The topological polar surface area (TPSA) is 15.3 Å². The molecule has 2 fully saturated rings. The van der Waals surface area contributed by atoms with Gasteiger partial charge in [-0.25, -0.2) is 0 Å². The zero-order valence-corrected chi connectivity index (χ0v) is 10.9. The Bertz CT molecular complexity index is 185. The van der Waals surface area contributed by atoms with Gasteiger partial charge < -0.3 is 10.2 Å². The first-order chi connectivity index (χ1) is 7.88. The molecule has 0 aromatic heterocycles. The Balaban J connectivity index is 1.74. The summed E-state index contributed by atoms with van der Waals surface area (Å²) in [4.78, 5) is 2.71. The van der Waals surface area contributed by atoms with Gasteiger partial charge in [0.1, 0.15) is 0 Å². The normalized spacial score (nSPS) is 33.6. The molecule has 2 saturated heterocycles. The van der Waals surface area contributed by atoms with Crippen LogP contribution in [0, 0.1) is 5.92 Å². The van der Waals surface area contributed by atoms with Gasteiger partial charge in [0.15, 0.2) is 0 Å². The smallest absolute Gasteiger partial charge is 0.0195 e. The Morgan fingerprint density at radius 2 is 2.06 bits per heavy atom. The van der Waals surface area contributed by atoms with Gasteiger partial charge in [0.05, 0.1) is 0 Å². The Hall–Kier alpha value is -0.0800. The number of rotatable bonds is 3. The highest BCUT2D eigenvalue weighted by Gasteiger charge is 2.21. The summed E-state index contributed by atoms with van der Waals surface area (Å²) in [5.41, 5.74) is 0. The highest BCUT2D eigenvalue weighted by Crippen LogP contribution is 2.20. The number of nitrogens with zero attached hydrogens (tertiary/aromatic N) is 1. The van der Waals surface area contributed by atoms with Gasteiger partial charge in [-0.3, -0.25) is 0 Å². The van der Waals surface area contributed by atoms with E-state index in [-0.39, 0.29) is 0 Å². The molecule has 0 amide bonds. The van der Waals surface area contributed by atoms with E-state index in [0.717, 1.165) is 12.0 Å². The van der Waals surface area contributed by atoms with Crippen LogP contribution in [0.1, 0.15) is 51.9 Å². The summed E-state index contributed by atoms with van der Waals surface area (Å²) in [6.07, 6.45) is 9.90. The maximum absolute atomic E-state index is 3.72. The molecule has 0 saturated carbocycles. The molecule has 2 aliphatic heterocycles. The van der Waals surface area contributed by atoms with E-state index >= 15 is 0 Å². The zero-order chi connectivity index (χ0) is 11.2. The lowest BCUT2D eigenvalue weighted by atomic mass is 9.95. The van der Waals surface area contributed by atoms with Crippen LogP contribution in [0.25, 0.3) is 0 Å². The lowest BCUT2D eigenvalue weighted by molar-refractivity contribution is 0.155. The van der Waals surface area contributed by atoms with Crippen molar-refractivity contribution in [3.8, 4) is 0 Å². The van der Waals surface area contributed by atoms with E-state index in [4.69, 9.17) is 0 Å². The summed E-state index contributed by atoms with van der Waals surface area (Å²) in [5, 5.41) is 3.72. The molecule has 0 spiro atoms. The van der Waals surface area contributed by atoms with Crippen molar-refractivity contribution in [1.29, 1.82) is 0 Å². The molecule has 0 aromatic rings. The largest absolute Gasteiger partial charge is 0.313 e. The van der Waals surface area contributed by atoms with Crippen LogP contribution in [0.2, 0.25) is 0 Å². The molecule has 0 radical (unpaired) electrons. The second-order valence-electron chi connectivity index (χ2n) is 5.68. The lowest BCUT2D eigenvalue weighted by Crippen LogP contribution is -2.44. The van der Waals surface area contributed by atoms with Crippen molar-refractivity contribution in [2.45, 2.75) is 57.9 Å². The predicted octanol–water partition coefficient (Wildman–Crippen LogP) is 2.64. The average Bonchev–Trinajstić information content (AvgIpc) is 2.58. The Morgan fingerprint density at radius 1 is 1.12 bits per heavy atom. The van der Waals surface area contributed by atoms with Gasteiger partial charge in [-0.15, -0.1) is 0 Å². The number of likely N-dealkylation sites (tertiary alicyclic amines) is 1. The van der Waals surface area contributed by atoms with Gasteiger partial charge in [0.25, 0.3) is 0 Å². The lowest BCUT2D eigenvalue weighted by Gasteiger charge is -2.34. The van der Waals surface area contributed by atoms with Crippen LogP contribution in [-0.4, -0.2) is 37.1 Å². The molecule has 2 heteroatoms. The first-order valence-corrected chi connectivity index (χ1v) is 7.34. The molecular formula is C14H28N2. The molecule has 0 bridgehead atoms. The van der Waals surface area contributed by atoms with Gasteiger partial charge in [-0.1, -0.05) is 26.2 Å². The molecule has 2 unspecified atom stereocenters. The molecule has 1 N–H and O–H groups in total. The maximum Gasteiger partial charge on any atom is 0.0195 e. The van der Waals surface area contributed by atoms with Crippen molar-refractivity contribution in [3.63, 3.8) is 0 Å². The molecule has 94 valence electrons. The van der Waals surface area contributed by atoms with Crippen molar-refractivity contribution >= 4 is 0 Å². The molecule has 2 rings (SSSR count). The van der Waals surface area contributed by atoms with Crippen LogP contribution < -0.4 is 5.32 Å². The Morgan fingerprint density at radius 3 is 2.94 bits per heavy atom. The summed E-state index contributed by atoms with van der Waals surface area (Å²) >= 11 is 0. The first kappa shape index (κ1) is 12.4. The second-order valence-corrected chi connectivity index (χ2v) is 5.68. The Kier molecular flexibility index (Phi) is 5.11.